The highest BCUT2D eigenvalue weighted by Gasteiger charge is 2.10. The van der Waals surface area contributed by atoms with Crippen molar-refractivity contribution in [2.75, 3.05) is 19.5 Å². The molecule has 4 heteroatoms. The highest BCUT2D eigenvalue weighted by molar-refractivity contribution is 6.32. The molecule has 2 rings (SSSR count). The third kappa shape index (κ3) is 3.32. The van der Waals surface area contributed by atoms with Crippen LogP contribution in [0.2, 0.25) is 5.02 Å². The quantitative estimate of drug-likeness (QED) is 0.897. The molecular formula is C15H16ClNO2. The highest BCUT2D eigenvalue weighted by atomic mass is 35.5. The van der Waals surface area contributed by atoms with Crippen molar-refractivity contribution in [3.63, 3.8) is 0 Å². The number of anilines is 1. The first-order valence-corrected chi connectivity index (χ1v) is 6.31. The number of hydrogen-bond donors (Lipinski definition) is 1. The van der Waals surface area contributed by atoms with Crippen LogP contribution < -0.4 is 14.8 Å². The van der Waals surface area contributed by atoms with Gasteiger partial charge < -0.3 is 14.8 Å². The van der Waals surface area contributed by atoms with E-state index in [-0.39, 0.29) is 0 Å². The average molecular weight is 278 g/mol. The molecule has 0 saturated carbocycles. The summed E-state index contributed by atoms with van der Waals surface area (Å²) in [4.78, 5) is 0. The molecule has 0 bridgehead atoms. The number of ether oxygens (including phenoxy) is 2. The van der Waals surface area contributed by atoms with Crippen LogP contribution in [0.5, 0.6) is 11.5 Å². The lowest BCUT2D eigenvalue weighted by molar-refractivity contribution is 0.355. The van der Waals surface area contributed by atoms with Crippen molar-refractivity contribution in [1.82, 2.24) is 0 Å². The minimum Gasteiger partial charge on any atom is -0.493 e. The van der Waals surface area contributed by atoms with E-state index in [1.807, 2.05) is 42.5 Å². The van der Waals surface area contributed by atoms with Crippen LogP contribution in [-0.4, -0.2) is 14.2 Å². The first-order chi connectivity index (χ1) is 9.24. The molecule has 0 fully saturated rings. The second-order valence-electron chi connectivity index (χ2n) is 4.03. The van der Waals surface area contributed by atoms with E-state index < -0.39 is 0 Å². The Kier molecular flexibility index (Phi) is 4.53. The van der Waals surface area contributed by atoms with Crippen LogP contribution in [0, 0.1) is 0 Å². The molecule has 0 aliphatic carbocycles. The Balaban J connectivity index is 2.15. The van der Waals surface area contributed by atoms with Crippen molar-refractivity contribution < 1.29 is 9.47 Å². The van der Waals surface area contributed by atoms with Gasteiger partial charge in [0.25, 0.3) is 0 Å². The van der Waals surface area contributed by atoms with Gasteiger partial charge in [-0.25, -0.2) is 0 Å². The van der Waals surface area contributed by atoms with Gasteiger partial charge in [-0.05, 0) is 29.8 Å². The van der Waals surface area contributed by atoms with Gasteiger partial charge in [0.2, 0.25) is 0 Å². The standard InChI is InChI=1S/C15H16ClNO2/c1-18-14-9-11(8-13(16)15(14)19-2)10-17-12-6-4-3-5-7-12/h3-9,17H,10H2,1-2H3. The van der Waals surface area contributed by atoms with E-state index in [0.717, 1.165) is 11.3 Å². The van der Waals surface area contributed by atoms with Crippen molar-refractivity contribution in [2.24, 2.45) is 0 Å². The lowest BCUT2D eigenvalue weighted by Crippen LogP contribution is -2.00. The van der Waals surface area contributed by atoms with Crippen molar-refractivity contribution >= 4 is 17.3 Å². The third-order valence-corrected chi connectivity index (χ3v) is 3.04. The maximum atomic E-state index is 6.16. The maximum Gasteiger partial charge on any atom is 0.179 e. The van der Waals surface area contributed by atoms with Crippen molar-refractivity contribution in [2.45, 2.75) is 6.54 Å². The van der Waals surface area contributed by atoms with Crippen LogP contribution in [-0.2, 0) is 6.54 Å². The molecule has 0 aromatic heterocycles. The van der Waals surface area contributed by atoms with E-state index in [0.29, 0.717) is 23.1 Å². The fraction of sp³-hybridized carbons (Fsp3) is 0.200. The van der Waals surface area contributed by atoms with Crippen molar-refractivity contribution in [1.29, 1.82) is 0 Å². The van der Waals surface area contributed by atoms with Crippen LogP contribution in [0.25, 0.3) is 0 Å². The van der Waals surface area contributed by atoms with Crippen LogP contribution >= 0.6 is 11.6 Å². The lowest BCUT2D eigenvalue weighted by atomic mass is 10.2. The predicted octanol–water partition coefficient (Wildman–Crippen LogP) is 3.97. The Labute approximate surface area is 118 Å². The predicted molar refractivity (Wildman–Crippen MR) is 78.3 cm³/mol. The van der Waals surface area contributed by atoms with Crippen molar-refractivity contribution in [3.05, 3.63) is 53.1 Å². The highest BCUT2D eigenvalue weighted by Crippen LogP contribution is 2.36. The number of benzene rings is 2. The Morgan fingerprint density at radius 3 is 2.42 bits per heavy atom. The number of methoxy groups -OCH3 is 2. The first kappa shape index (κ1) is 13.6. The topological polar surface area (TPSA) is 30.5 Å². The van der Waals surface area contributed by atoms with Gasteiger partial charge in [-0.2, -0.15) is 0 Å². The average Bonchev–Trinajstić information content (AvgIpc) is 2.45. The molecule has 0 aliphatic rings. The van der Waals surface area contributed by atoms with E-state index in [9.17, 15) is 0 Å². The smallest absolute Gasteiger partial charge is 0.179 e. The molecule has 0 amide bonds. The summed E-state index contributed by atoms with van der Waals surface area (Å²) in [6.45, 7) is 0.671. The zero-order valence-corrected chi connectivity index (χ0v) is 11.7. The second kappa shape index (κ2) is 6.34. The van der Waals surface area contributed by atoms with Crippen LogP contribution in [0.15, 0.2) is 42.5 Å². The van der Waals surface area contributed by atoms with E-state index in [1.165, 1.54) is 0 Å². The molecule has 0 spiro atoms. The molecule has 0 radical (unpaired) electrons. The molecular weight excluding hydrogens is 262 g/mol. The molecule has 0 aliphatic heterocycles. The van der Waals surface area contributed by atoms with E-state index in [2.05, 4.69) is 5.32 Å². The largest absolute Gasteiger partial charge is 0.493 e. The van der Waals surface area contributed by atoms with Crippen LogP contribution in [0.1, 0.15) is 5.56 Å². The van der Waals surface area contributed by atoms with E-state index >= 15 is 0 Å². The molecule has 0 saturated heterocycles. The molecule has 0 atom stereocenters. The monoisotopic (exact) mass is 277 g/mol. The van der Waals surface area contributed by atoms with Gasteiger partial charge in [0, 0.05) is 12.2 Å². The molecule has 3 nitrogen and oxygen atoms in total. The van der Waals surface area contributed by atoms with E-state index in [4.69, 9.17) is 21.1 Å². The summed E-state index contributed by atoms with van der Waals surface area (Å²) in [6.07, 6.45) is 0. The molecule has 0 unspecified atom stereocenters. The summed E-state index contributed by atoms with van der Waals surface area (Å²) in [7, 11) is 3.17. The molecule has 2 aromatic carbocycles. The summed E-state index contributed by atoms with van der Waals surface area (Å²) in [5, 5.41) is 3.87. The van der Waals surface area contributed by atoms with Crippen LogP contribution in [0.4, 0.5) is 5.69 Å². The Hall–Kier alpha value is -1.87. The molecule has 2 aromatic rings. The zero-order chi connectivity index (χ0) is 13.7. The maximum absolute atomic E-state index is 6.16. The van der Waals surface area contributed by atoms with Crippen LogP contribution in [0.3, 0.4) is 0 Å². The number of hydrogen-bond acceptors (Lipinski definition) is 3. The fourth-order valence-corrected chi connectivity index (χ4v) is 2.14. The van der Waals surface area contributed by atoms with Gasteiger partial charge in [0.1, 0.15) is 0 Å². The van der Waals surface area contributed by atoms with Crippen molar-refractivity contribution in [3.8, 4) is 11.5 Å². The fourth-order valence-electron chi connectivity index (χ4n) is 1.83. The number of para-hydroxylation sites is 1. The van der Waals surface area contributed by atoms with Gasteiger partial charge >= 0.3 is 0 Å². The molecule has 1 N–H and O–H groups in total. The summed E-state index contributed by atoms with van der Waals surface area (Å²) in [6, 6.07) is 13.8. The Bertz CT molecular complexity index is 543. The lowest BCUT2D eigenvalue weighted by Gasteiger charge is -2.12. The van der Waals surface area contributed by atoms with E-state index in [1.54, 1.807) is 14.2 Å². The molecule has 100 valence electrons. The Morgan fingerprint density at radius 2 is 1.79 bits per heavy atom. The minimum absolute atomic E-state index is 0.548. The Morgan fingerprint density at radius 1 is 1.05 bits per heavy atom. The normalized spacial score (nSPS) is 10.1. The number of nitrogens with one attached hydrogen (secondary N) is 1. The second-order valence-corrected chi connectivity index (χ2v) is 4.44. The first-order valence-electron chi connectivity index (χ1n) is 5.94. The molecule has 19 heavy (non-hydrogen) atoms. The van der Waals surface area contributed by atoms with Gasteiger partial charge in [0.15, 0.2) is 11.5 Å². The summed E-state index contributed by atoms with van der Waals surface area (Å²) >= 11 is 6.16. The SMILES string of the molecule is COc1cc(CNc2ccccc2)cc(Cl)c1OC. The molecule has 0 heterocycles. The summed E-state index contributed by atoms with van der Waals surface area (Å²) < 4.78 is 10.5. The summed E-state index contributed by atoms with van der Waals surface area (Å²) in [5.41, 5.74) is 2.10. The number of rotatable bonds is 5. The number of halogens is 1. The zero-order valence-electron chi connectivity index (χ0n) is 10.9. The van der Waals surface area contributed by atoms with Gasteiger partial charge in [-0.15, -0.1) is 0 Å². The minimum atomic E-state index is 0.548. The van der Waals surface area contributed by atoms with Gasteiger partial charge in [-0.3, -0.25) is 0 Å². The third-order valence-electron chi connectivity index (χ3n) is 2.76. The van der Waals surface area contributed by atoms with Gasteiger partial charge in [0.05, 0.1) is 19.2 Å². The summed E-state index contributed by atoms with van der Waals surface area (Å²) in [5.74, 6) is 1.20. The van der Waals surface area contributed by atoms with Gasteiger partial charge in [-0.1, -0.05) is 29.8 Å².